The minimum atomic E-state index is -3.38. The Balaban J connectivity index is 1.75. The quantitative estimate of drug-likeness (QED) is 0.700. The molecule has 0 radical (unpaired) electrons. The highest BCUT2D eigenvalue weighted by Gasteiger charge is 2.13. The molecule has 9 heteroatoms. The average molecular weight is 285 g/mol. The van der Waals surface area contributed by atoms with Crippen molar-refractivity contribution in [2.75, 3.05) is 6.54 Å². The van der Waals surface area contributed by atoms with E-state index in [2.05, 4.69) is 25.1 Å². The maximum Gasteiger partial charge on any atom is 0.217 e. The molecule has 0 spiro atoms. The molecule has 19 heavy (non-hydrogen) atoms. The van der Waals surface area contributed by atoms with Crippen molar-refractivity contribution >= 4 is 10.0 Å². The second kappa shape index (κ2) is 5.93. The fourth-order valence-corrected chi connectivity index (χ4v) is 2.65. The minimum absolute atomic E-state index is 0.174. The molecule has 0 unspecified atom stereocenters. The summed E-state index contributed by atoms with van der Waals surface area (Å²) in [4.78, 5) is 3.95. The highest BCUT2D eigenvalue weighted by molar-refractivity contribution is 7.88. The highest BCUT2D eigenvalue weighted by Crippen LogP contribution is 2.05. The Morgan fingerprint density at radius 2 is 2.32 bits per heavy atom. The first-order valence-corrected chi connectivity index (χ1v) is 7.44. The Kier molecular flexibility index (Phi) is 4.27. The Morgan fingerprint density at radius 1 is 1.47 bits per heavy atom. The van der Waals surface area contributed by atoms with Gasteiger partial charge in [0, 0.05) is 19.0 Å². The number of aromatic amines is 1. The number of nitrogens with zero attached hydrogens (tertiary/aromatic N) is 3. The fraction of sp³-hybridized carbons (Fsp3) is 0.500. The number of aromatic nitrogens is 4. The standard InChI is InChI=1S/C10H15N5O3S/c1-8-5-9(15-18-8)6-19(16,17)13-4-2-3-10-11-7-12-14-10/h5,7,13H,2-4,6H2,1H3,(H,11,12,14). The molecule has 0 saturated carbocycles. The molecule has 0 bridgehead atoms. The van der Waals surface area contributed by atoms with Crippen LogP contribution in [-0.4, -0.2) is 35.3 Å². The van der Waals surface area contributed by atoms with Crippen LogP contribution in [0.4, 0.5) is 0 Å². The molecule has 8 nitrogen and oxygen atoms in total. The monoisotopic (exact) mass is 285 g/mol. The zero-order chi connectivity index (χ0) is 13.7. The average Bonchev–Trinajstić information content (AvgIpc) is 2.96. The van der Waals surface area contributed by atoms with Crippen LogP contribution in [0.3, 0.4) is 0 Å². The molecular weight excluding hydrogens is 270 g/mol. The summed E-state index contributed by atoms with van der Waals surface area (Å²) in [6.45, 7) is 2.06. The van der Waals surface area contributed by atoms with Crippen LogP contribution in [0.2, 0.25) is 0 Å². The van der Waals surface area contributed by atoms with E-state index in [1.165, 1.54) is 6.33 Å². The van der Waals surface area contributed by atoms with Crippen molar-refractivity contribution in [2.24, 2.45) is 0 Å². The molecule has 0 fully saturated rings. The third-order valence-corrected chi connectivity index (χ3v) is 3.71. The molecule has 2 aromatic rings. The van der Waals surface area contributed by atoms with Crippen LogP contribution >= 0.6 is 0 Å². The maximum atomic E-state index is 11.7. The highest BCUT2D eigenvalue weighted by atomic mass is 32.2. The summed E-state index contributed by atoms with van der Waals surface area (Å²) in [5.74, 6) is 1.16. The molecule has 0 amide bonds. The number of H-pyrrole nitrogens is 1. The van der Waals surface area contributed by atoms with E-state index in [0.717, 1.165) is 5.82 Å². The van der Waals surface area contributed by atoms with E-state index < -0.39 is 10.0 Å². The van der Waals surface area contributed by atoms with E-state index in [1.54, 1.807) is 13.0 Å². The molecule has 0 aliphatic heterocycles. The molecule has 0 aliphatic carbocycles. The van der Waals surface area contributed by atoms with Crippen molar-refractivity contribution in [2.45, 2.75) is 25.5 Å². The van der Waals surface area contributed by atoms with Gasteiger partial charge in [-0.05, 0) is 13.3 Å². The van der Waals surface area contributed by atoms with Crippen molar-refractivity contribution in [3.05, 3.63) is 29.7 Å². The molecule has 2 N–H and O–H groups in total. The molecule has 2 heterocycles. The summed E-state index contributed by atoms with van der Waals surface area (Å²) in [6, 6.07) is 1.60. The van der Waals surface area contributed by atoms with Crippen LogP contribution in [0.25, 0.3) is 0 Å². The van der Waals surface area contributed by atoms with E-state index in [1.807, 2.05) is 0 Å². The van der Waals surface area contributed by atoms with Gasteiger partial charge in [-0.1, -0.05) is 5.16 Å². The summed E-state index contributed by atoms with van der Waals surface area (Å²) < 4.78 is 30.8. The van der Waals surface area contributed by atoms with Gasteiger partial charge < -0.3 is 4.52 Å². The van der Waals surface area contributed by atoms with E-state index in [9.17, 15) is 8.42 Å². The zero-order valence-corrected chi connectivity index (χ0v) is 11.3. The second-order valence-electron chi connectivity index (χ2n) is 4.12. The first kappa shape index (κ1) is 13.7. The molecule has 0 saturated heterocycles. The van der Waals surface area contributed by atoms with E-state index >= 15 is 0 Å². The minimum Gasteiger partial charge on any atom is -0.361 e. The number of hydrogen-bond acceptors (Lipinski definition) is 6. The van der Waals surface area contributed by atoms with Gasteiger partial charge in [0.25, 0.3) is 0 Å². The number of sulfonamides is 1. The van der Waals surface area contributed by atoms with Crippen molar-refractivity contribution in [3.8, 4) is 0 Å². The van der Waals surface area contributed by atoms with Gasteiger partial charge in [0.1, 0.15) is 29.4 Å². The van der Waals surface area contributed by atoms with Crippen LogP contribution in [0.15, 0.2) is 16.9 Å². The van der Waals surface area contributed by atoms with Crippen molar-refractivity contribution in [1.29, 1.82) is 0 Å². The van der Waals surface area contributed by atoms with Gasteiger partial charge in [-0.15, -0.1) is 0 Å². The molecule has 2 aromatic heterocycles. The third kappa shape index (κ3) is 4.45. The Bertz CT molecular complexity index is 605. The lowest BCUT2D eigenvalue weighted by Gasteiger charge is -2.03. The first-order valence-electron chi connectivity index (χ1n) is 5.79. The van der Waals surface area contributed by atoms with Crippen molar-refractivity contribution < 1.29 is 12.9 Å². The largest absolute Gasteiger partial charge is 0.361 e. The van der Waals surface area contributed by atoms with Gasteiger partial charge in [0.2, 0.25) is 10.0 Å². The second-order valence-corrected chi connectivity index (χ2v) is 5.92. The van der Waals surface area contributed by atoms with Gasteiger partial charge in [-0.2, -0.15) is 5.10 Å². The van der Waals surface area contributed by atoms with Crippen LogP contribution in [0, 0.1) is 6.92 Å². The predicted octanol–water partition coefficient (Wildman–Crippen LogP) is 0.153. The Hall–Kier alpha value is -1.74. The lowest BCUT2D eigenvalue weighted by Crippen LogP contribution is -2.26. The molecule has 0 aliphatic rings. The van der Waals surface area contributed by atoms with Gasteiger partial charge in [0.05, 0.1) is 0 Å². The van der Waals surface area contributed by atoms with Gasteiger partial charge in [-0.25, -0.2) is 18.1 Å². The van der Waals surface area contributed by atoms with Gasteiger partial charge >= 0.3 is 0 Å². The Morgan fingerprint density at radius 3 is 2.95 bits per heavy atom. The van der Waals surface area contributed by atoms with Gasteiger partial charge in [-0.3, -0.25) is 5.10 Å². The molecule has 0 aromatic carbocycles. The fourth-order valence-electron chi connectivity index (χ4n) is 1.57. The Labute approximate surface area is 110 Å². The van der Waals surface area contributed by atoms with Crippen LogP contribution in [-0.2, 0) is 22.2 Å². The first-order chi connectivity index (χ1) is 9.05. The smallest absolute Gasteiger partial charge is 0.217 e. The molecule has 104 valence electrons. The number of aryl methyl sites for hydroxylation is 2. The van der Waals surface area contributed by atoms with Crippen LogP contribution in [0.1, 0.15) is 23.7 Å². The topological polar surface area (TPSA) is 114 Å². The van der Waals surface area contributed by atoms with Crippen LogP contribution < -0.4 is 4.72 Å². The summed E-state index contributed by atoms with van der Waals surface area (Å²) >= 11 is 0. The zero-order valence-electron chi connectivity index (χ0n) is 10.5. The normalized spacial score (nSPS) is 11.8. The van der Waals surface area contributed by atoms with Crippen LogP contribution in [0.5, 0.6) is 0 Å². The SMILES string of the molecule is Cc1cc(CS(=O)(=O)NCCCc2ncn[nH]2)no1. The number of rotatable bonds is 7. The third-order valence-electron chi connectivity index (χ3n) is 2.39. The summed E-state index contributed by atoms with van der Waals surface area (Å²) in [5.41, 5.74) is 0.403. The lowest BCUT2D eigenvalue weighted by atomic mass is 10.3. The molecule has 2 rings (SSSR count). The number of nitrogens with one attached hydrogen (secondary N) is 2. The summed E-state index contributed by atoms with van der Waals surface area (Å²) in [6.07, 6.45) is 2.71. The van der Waals surface area contributed by atoms with Crippen molar-refractivity contribution in [3.63, 3.8) is 0 Å². The summed E-state index contributed by atoms with van der Waals surface area (Å²) in [7, 11) is -3.38. The number of hydrogen-bond donors (Lipinski definition) is 2. The van der Waals surface area contributed by atoms with Crippen molar-refractivity contribution in [1.82, 2.24) is 25.1 Å². The molecular formula is C10H15N5O3S. The maximum absolute atomic E-state index is 11.7. The summed E-state index contributed by atoms with van der Waals surface area (Å²) in [5, 5.41) is 10.1. The van der Waals surface area contributed by atoms with E-state index in [-0.39, 0.29) is 5.75 Å². The molecule has 0 atom stereocenters. The van der Waals surface area contributed by atoms with E-state index in [0.29, 0.717) is 30.8 Å². The van der Waals surface area contributed by atoms with E-state index in [4.69, 9.17) is 4.52 Å². The van der Waals surface area contributed by atoms with Gasteiger partial charge in [0.15, 0.2) is 0 Å². The lowest BCUT2D eigenvalue weighted by molar-refractivity contribution is 0.392. The predicted molar refractivity (Wildman–Crippen MR) is 66.6 cm³/mol.